The molecule has 2 amide bonds. The molecule has 7 nitrogen and oxygen atoms in total. The van der Waals surface area contributed by atoms with Gasteiger partial charge in [-0.05, 0) is 51.8 Å². The minimum atomic E-state index is -3.30. The van der Waals surface area contributed by atoms with Crippen molar-refractivity contribution < 1.29 is 18.0 Å². The van der Waals surface area contributed by atoms with Gasteiger partial charge in [-0.2, -0.15) is 0 Å². The molecule has 3 rings (SSSR count). The number of likely N-dealkylation sites (tertiary alicyclic amines) is 1. The van der Waals surface area contributed by atoms with Crippen molar-refractivity contribution in [3.8, 4) is 0 Å². The average Bonchev–Trinajstić information content (AvgIpc) is 2.97. The zero-order valence-electron chi connectivity index (χ0n) is 16.1. The Morgan fingerprint density at radius 3 is 2.59 bits per heavy atom. The molecule has 0 spiro atoms. The van der Waals surface area contributed by atoms with Crippen molar-refractivity contribution in [2.45, 2.75) is 45.6 Å². The van der Waals surface area contributed by atoms with Gasteiger partial charge in [-0.1, -0.05) is 6.07 Å². The van der Waals surface area contributed by atoms with Gasteiger partial charge in [-0.15, -0.1) is 0 Å². The van der Waals surface area contributed by atoms with Crippen LogP contribution in [0, 0.1) is 5.92 Å². The Kier molecular flexibility index (Phi) is 5.20. The van der Waals surface area contributed by atoms with E-state index in [-0.39, 0.29) is 29.5 Å². The van der Waals surface area contributed by atoms with Crippen LogP contribution in [-0.4, -0.2) is 49.5 Å². The van der Waals surface area contributed by atoms with Gasteiger partial charge >= 0.3 is 0 Å². The van der Waals surface area contributed by atoms with Gasteiger partial charge in [0, 0.05) is 30.7 Å². The fraction of sp³-hybridized carbons (Fsp3) is 0.579. The Morgan fingerprint density at radius 2 is 1.96 bits per heavy atom. The van der Waals surface area contributed by atoms with E-state index in [2.05, 4.69) is 5.32 Å². The Labute approximate surface area is 160 Å². The molecule has 1 N–H and O–H groups in total. The molecule has 0 aliphatic carbocycles. The van der Waals surface area contributed by atoms with Crippen LogP contribution in [0.5, 0.6) is 0 Å². The summed E-state index contributed by atoms with van der Waals surface area (Å²) in [6, 6.07) is 6.88. The van der Waals surface area contributed by atoms with Crippen molar-refractivity contribution >= 4 is 33.2 Å². The van der Waals surface area contributed by atoms with Gasteiger partial charge in [0.25, 0.3) is 0 Å². The van der Waals surface area contributed by atoms with Gasteiger partial charge in [0.05, 0.1) is 17.4 Å². The van der Waals surface area contributed by atoms with Crippen molar-refractivity contribution in [1.82, 2.24) is 4.90 Å². The van der Waals surface area contributed by atoms with Crippen LogP contribution in [-0.2, 0) is 19.6 Å². The lowest BCUT2D eigenvalue weighted by Crippen LogP contribution is -2.42. The number of nitrogens with one attached hydrogen (secondary N) is 1. The molecule has 0 radical (unpaired) electrons. The topological polar surface area (TPSA) is 86.8 Å². The molecule has 0 saturated carbocycles. The SMILES string of the molecule is CC(C)(C)N1C[C@H](C(=O)Nc2cccc(N3CCCCS3(=O)=O)c2)CC1=O. The van der Waals surface area contributed by atoms with Crippen LogP contribution < -0.4 is 9.62 Å². The van der Waals surface area contributed by atoms with Crippen molar-refractivity contribution in [1.29, 1.82) is 0 Å². The zero-order chi connectivity index (χ0) is 19.8. The van der Waals surface area contributed by atoms with E-state index in [0.29, 0.717) is 30.9 Å². The molecule has 1 aromatic rings. The lowest BCUT2D eigenvalue weighted by atomic mass is 10.1. The first-order valence-electron chi connectivity index (χ1n) is 9.30. The normalized spacial score (nSPS) is 22.8. The van der Waals surface area contributed by atoms with Crippen LogP contribution in [0.15, 0.2) is 24.3 Å². The minimum Gasteiger partial charge on any atom is -0.337 e. The van der Waals surface area contributed by atoms with Crippen LogP contribution in [0.3, 0.4) is 0 Å². The monoisotopic (exact) mass is 393 g/mol. The molecule has 8 heteroatoms. The Bertz CT molecular complexity index is 845. The lowest BCUT2D eigenvalue weighted by Gasteiger charge is -2.32. The predicted molar refractivity (Wildman–Crippen MR) is 105 cm³/mol. The Balaban J connectivity index is 1.72. The molecule has 27 heavy (non-hydrogen) atoms. The maximum absolute atomic E-state index is 12.6. The Hall–Kier alpha value is -2.09. The van der Waals surface area contributed by atoms with Gasteiger partial charge in [0.15, 0.2) is 0 Å². The van der Waals surface area contributed by atoms with E-state index in [1.165, 1.54) is 4.31 Å². The number of anilines is 2. The fourth-order valence-electron chi connectivity index (χ4n) is 3.59. The molecule has 1 atom stereocenters. The molecule has 2 aliphatic heterocycles. The van der Waals surface area contributed by atoms with E-state index in [4.69, 9.17) is 0 Å². The summed E-state index contributed by atoms with van der Waals surface area (Å²) in [5.74, 6) is -0.486. The number of nitrogens with zero attached hydrogens (tertiary/aromatic N) is 2. The van der Waals surface area contributed by atoms with E-state index in [9.17, 15) is 18.0 Å². The maximum Gasteiger partial charge on any atom is 0.235 e. The third kappa shape index (κ3) is 4.26. The summed E-state index contributed by atoms with van der Waals surface area (Å²) in [5.41, 5.74) is 0.792. The summed E-state index contributed by atoms with van der Waals surface area (Å²) < 4.78 is 26.0. The van der Waals surface area contributed by atoms with Crippen LogP contribution in [0.4, 0.5) is 11.4 Å². The van der Waals surface area contributed by atoms with Crippen molar-refractivity contribution in [3.05, 3.63) is 24.3 Å². The number of amides is 2. The average molecular weight is 394 g/mol. The standard InChI is InChI=1S/C19H27N3O4S/c1-19(2,3)21-13-14(11-17(21)23)18(24)20-15-7-6-8-16(12-15)22-9-4-5-10-27(22,25)26/h6-8,12,14H,4-5,9-11,13H2,1-3H3,(H,20,24)/t14-/m1/s1. The molecule has 2 heterocycles. The minimum absolute atomic E-state index is 0.0178. The van der Waals surface area contributed by atoms with E-state index in [1.54, 1.807) is 29.2 Å². The van der Waals surface area contributed by atoms with Gasteiger partial charge in [-0.3, -0.25) is 13.9 Å². The molecule has 2 aliphatic rings. The molecule has 0 aromatic heterocycles. The summed E-state index contributed by atoms with van der Waals surface area (Å²) in [7, 11) is -3.30. The summed E-state index contributed by atoms with van der Waals surface area (Å²) in [4.78, 5) is 26.5. The molecule has 0 bridgehead atoms. The first-order valence-corrected chi connectivity index (χ1v) is 10.9. The lowest BCUT2D eigenvalue weighted by molar-refractivity contribution is -0.131. The highest BCUT2D eigenvalue weighted by Gasteiger charge is 2.39. The second-order valence-electron chi connectivity index (χ2n) is 8.21. The van der Waals surface area contributed by atoms with E-state index in [0.717, 1.165) is 6.42 Å². The van der Waals surface area contributed by atoms with E-state index in [1.807, 2.05) is 20.8 Å². The number of rotatable bonds is 3. The second kappa shape index (κ2) is 7.14. The van der Waals surface area contributed by atoms with Gasteiger partial charge in [0.2, 0.25) is 21.8 Å². The van der Waals surface area contributed by atoms with Crippen molar-refractivity contribution in [3.63, 3.8) is 0 Å². The second-order valence-corrected chi connectivity index (χ2v) is 10.2. The van der Waals surface area contributed by atoms with Gasteiger partial charge < -0.3 is 10.2 Å². The number of hydrogen-bond acceptors (Lipinski definition) is 4. The zero-order valence-corrected chi connectivity index (χ0v) is 16.9. The molecule has 148 valence electrons. The summed E-state index contributed by atoms with van der Waals surface area (Å²) >= 11 is 0. The number of carbonyl (C=O) groups excluding carboxylic acids is 2. The number of benzene rings is 1. The van der Waals surface area contributed by atoms with Crippen LogP contribution in [0.2, 0.25) is 0 Å². The molecule has 2 fully saturated rings. The summed E-state index contributed by atoms with van der Waals surface area (Å²) in [6.07, 6.45) is 1.70. The summed E-state index contributed by atoms with van der Waals surface area (Å²) in [5, 5.41) is 2.84. The summed E-state index contributed by atoms with van der Waals surface area (Å²) in [6.45, 7) is 6.71. The highest BCUT2D eigenvalue weighted by atomic mass is 32.2. The fourth-order valence-corrected chi connectivity index (χ4v) is 5.22. The van der Waals surface area contributed by atoms with Crippen LogP contribution >= 0.6 is 0 Å². The van der Waals surface area contributed by atoms with Crippen molar-refractivity contribution in [2.24, 2.45) is 5.92 Å². The first-order chi connectivity index (χ1) is 12.6. The smallest absolute Gasteiger partial charge is 0.235 e. The molecular weight excluding hydrogens is 366 g/mol. The third-order valence-electron chi connectivity index (χ3n) is 5.06. The van der Waals surface area contributed by atoms with Crippen LogP contribution in [0.1, 0.15) is 40.0 Å². The predicted octanol–water partition coefficient (Wildman–Crippen LogP) is 2.20. The Morgan fingerprint density at radius 1 is 1.22 bits per heavy atom. The third-order valence-corrected chi connectivity index (χ3v) is 6.93. The number of hydrogen-bond donors (Lipinski definition) is 1. The van der Waals surface area contributed by atoms with Crippen molar-refractivity contribution in [2.75, 3.05) is 28.5 Å². The number of sulfonamides is 1. The maximum atomic E-state index is 12.6. The highest BCUT2D eigenvalue weighted by molar-refractivity contribution is 7.92. The van der Waals surface area contributed by atoms with Crippen LogP contribution in [0.25, 0.3) is 0 Å². The van der Waals surface area contributed by atoms with Gasteiger partial charge in [-0.25, -0.2) is 8.42 Å². The van der Waals surface area contributed by atoms with Gasteiger partial charge in [0.1, 0.15) is 0 Å². The molecule has 2 saturated heterocycles. The first kappa shape index (κ1) is 19.7. The largest absolute Gasteiger partial charge is 0.337 e. The molecule has 1 aromatic carbocycles. The van der Waals surface area contributed by atoms with E-state index >= 15 is 0 Å². The highest BCUT2D eigenvalue weighted by Crippen LogP contribution is 2.29. The number of carbonyl (C=O) groups is 2. The van der Waals surface area contributed by atoms with E-state index < -0.39 is 15.9 Å². The molecule has 0 unspecified atom stereocenters. The quantitative estimate of drug-likeness (QED) is 0.853. The molecular formula is C19H27N3O4S.